The number of pyridine rings is 2. The lowest BCUT2D eigenvalue weighted by molar-refractivity contribution is 0.0946. The predicted molar refractivity (Wildman–Crippen MR) is 119 cm³/mol. The van der Waals surface area contributed by atoms with Crippen LogP contribution in [0.2, 0.25) is 0 Å². The van der Waals surface area contributed by atoms with Crippen molar-refractivity contribution in [1.82, 2.24) is 19.3 Å². The Morgan fingerprint density at radius 3 is 2.69 bits per heavy atom. The number of fused-ring (bicyclic) bond motifs is 2. The molecule has 0 radical (unpaired) electrons. The van der Waals surface area contributed by atoms with Crippen molar-refractivity contribution in [3.8, 4) is 5.69 Å². The third-order valence-corrected chi connectivity index (χ3v) is 5.23. The molecule has 0 aliphatic heterocycles. The van der Waals surface area contributed by atoms with Gasteiger partial charge >= 0.3 is 0 Å². The number of nitrogens with one attached hydrogen (secondary N) is 2. The number of carbonyl (C=O) groups is 1. The van der Waals surface area contributed by atoms with Crippen LogP contribution in [0.15, 0.2) is 82.3 Å². The highest BCUT2D eigenvalue weighted by molar-refractivity contribution is 5.97. The first-order valence-electron chi connectivity index (χ1n) is 10.0. The zero-order valence-corrected chi connectivity index (χ0v) is 17.2. The van der Waals surface area contributed by atoms with Gasteiger partial charge in [0.05, 0.1) is 23.8 Å². The van der Waals surface area contributed by atoms with E-state index in [0.29, 0.717) is 22.7 Å². The van der Waals surface area contributed by atoms with Crippen molar-refractivity contribution in [3.05, 3.63) is 106 Å². The van der Waals surface area contributed by atoms with Gasteiger partial charge in [-0.3, -0.25) is 24.0 Å². The van der Waals surface area contributed by atoms with Gasteiger partial charge in [-0.25, -0.2) is 4.98 Å². The number of hydrogen-bond donors (Lipinski definition) is 2. The first-order valence-corrected chi connectivity index (χ1v) is 10.0. The molecule has 158 valence electrons. The maximum atomic E-state index is 13.4. The van der Waals surface area contributed by atoms with Gasteiger partial charge in [-0.15, -0.1) is 0 Å². The minimum absolute atomic E-state index is 0.0657. The molecule has 0 atom stereocenters. The van der Waals surface area contributed by atoms with Gasteiger partial charge < -0.3 is 9.73 Å². The summed E-state index contributed by atoms with van der Waals surface area (Å²) in [6.07, 6.45) is 3.23. The summed E-state index contributed by atoms with van der Waals surface area (Å²) in [4.78, 5) is 31.0. The molecule has 4 aromatic heterocycles. The average molecular weight is 425 g/mol. The second-order valence-electron chi connectivity index (χ2n) is 7.43. The minimum Gasteiger partial charge on any atom is -0.467 e. The van der Waals surface area contributed by atoms with E-state index >= 15 is 0 Å². The molecule has 2 N–H and O–H groups in total. The molecule has 0 saturated carbocycles. The van der Waals surface area contributed by atoms with E-state index in [-0.39, 0.29) is 28.5 Å². The molecule has 5 rings (SSSR count). The Hall–Kier alpha value is -4.46. The lowest BCUT2D eigenvalue weighted by atomic mass is 10.1. The standard InChI is InChI=1S/C24H19N5O3/c1-15-9-10-20-27-22-19(24(31)28(20)14-15)12-18(23(30)26-13-17-8-5-11-32-17)21(25)29(22)16-6-3-2-4-7-16/h2-12,14,25H,13H2,1H3,(H,26,30). The number of furan rings is 1. The smallest absolute Gasteiger partial charge is 0.267 e. The molecular formula is C24H19N5O3. The second-order valence-corrected chi connectivity index (χ2v) is 7.43. The first kappa shape index (κ1) is 19.5. The molecule has 0 aliphatic carbocycles. The van der Waals surface area contributed by atoms with Crippen LogP contribution in [0.3, 0.4) is 0 Å². The summed E-state index contributed by atoms with van der Waals surface area (Å²) in [5.41, 5.74) is 2.02. The Morgan fingerprint density at radius 1 is 1.12 bits per heavy atom. The average Bonchev–Trinajstić information content (AvgIpc) is 3.32. The van der Waals surface area contributed by atoms with Gasteiger partial charge in [-0.2, -0.15) is 0 Å². The number of para-hydroxylation sites is 1. The van der Waals surface area contributed by atoms with Gasteiger partial charge in [0.1, 0.15) is 16.9 Å². The predicted octanol–water partition coefficient (Wildman–Crippen LogP) is 2.95. The Balaban J connectivity index is 1.78. The first-order chi connectivity index (χ1) is 15.5. The Bertz CT molecular complexity index is 1580. The van der Waals surface area contributed by atoms with Crippen molar-refractivity contribution in [2.75, 3.05) is 0 Å². The lowest BCUT2D eigenvalue weighted by Crippen LogP contribution is -2.34. The highest BCUT2D eigenvalue weighted by atomic mass is 16.3. The monoisotopic (exact) mass is 425 g/mol. The van der Waals surface area contributed by atoms with Gasteiger partial charge in [-0.1, -0.05) is 24.3 Å². The summed E-state index contributed by atoms with van der Waals surface area (Å²) >= 11 is 0. The Morgan fingerprint density at radius 2 is 1.94 bits per heavy atom. The normalized spacial score (nSPS) is 11.2. The quantitative estimate of drug-likeness (QED) is 0.432. The van der Waals surface area contributed by atoms with Crippen LogP contribution in [0.5, 0.6) is 0 Å². The maximum Gasteiger partial charge on any atom is 0.267 e. The molecule has 5 aromatic rings. The van der Waals surface area contributed by atoms with Crippen molar-refractivity contribution < 1.29 is 9.21 Å². The third kappa shape index (κ3) is 3.27. The fraction of sp³-hybridized carbons (Fsp3) is 0.0833. The molecule has 1 aromatic carbocycles. The number of rotatable bonds is 4. The number of benzene rings is 1. The molecule has 8 heteroatoms. The van der Waals surface area contributed by atoms with Gasteiger partial charge in [0.15, 0.2) is 5.65 Å². The Labute approximate surface area is 181 Å². The van der Waals surface area contributed by atoms with Crippen molar-refractivity contribution >= 4 is 22.6 Å². The van der Waals surface area contributed by atoms with Crippen molar-refractivity contribution in [1.29, 1.82) is 5.41 Å². The Kier molecular flexibility index (Phi) is 4.67. The van der Waals surface area contributed by atoms with Crippen LogP contribution in [0.1, 0.15) is 21.7 Å². The molecule has 32 heavy (non-hydrogen) atoms. The van der Waals surface area contributed by atoms with Crippen molar-refractivity contribution in [2.45, 2.75) is 13.5 Å². The van der Waals surface area contributed by atoms with E-state index in [2.05, 4.69) is 10.3 Å². The van der Waals surface area contributed by atoms with E-state index < -0.39 is 5.91 Å². The number of amides is 1. The molecule has 0 bridgehead atoms. The van der Waals surface area contributed by atoms with Crippen LogP contribution in [-0.4, -0.2) is 19.9 Å². The molecule has 0 aliphatic rings. The van der Waals surface area contributed by atoms with E-state index in [0.717, 1.165) is 5.56 Å². The zero-order chi connectivity index (χ0) is 22.2. The van der Waals surface area contributed by atoms with E-state index in [4.69, 9.17) is 9.83 Å². The summed E-state index contributed by atoms with van der Waals surface area (Å²) in [6, 6.07) is 17.7. The number of carbonyl (C=O) groups excluding carboxylic acids is 1. The fourth-order valence-corrected chi connectivity index (χ4v) is 3.66. The molecule has 4 heterocycles. The van der Waals surface area contributed by atoms with Crippen LogP contribution in [-0.2, 0) is 6.54 Å². The van der Waals surface area contributed by atoms with Crippen LogP contribution in [0.25, 0.3) is 22.4 Å². The maximum absolute atomic E-state index is 13.4. The number of hydrogen-bond acceptors (Lipinski definition) is 5. The SMILES string of the molecule is Cc1ccc2nc3c(cc(C(=O)NCc4ccco4)c(=N)n3-c3ccccc3)c(=O)n2c1. The van der Waals surface area contributed by atoms with E-state index in [9.17, 15) is 9.59 Å². The molecule has 0 unspecified atom stereocenters. The molecular weight excluding hydrogens is 406 g/mol. The van der Waals surface area contributed by atoms with E-state index in [1.165, 1.54) is 21.3 Å². The highest BCUT2D eigenvalue weighted by Gasteiger charge is 2.18. The minimum atomic E-state index is -0.480. The molecule has 0 spiro atoms. The number of nitrogens with zero attached hydrogens (tertiary/aromatic N) is 3. The van der Waals surface area contributed by atoms with Gasteiger partial charge in [0, 0.05) is 11.9 Å². The largest absolute Gasteiger partial charge is 0.467 e. The summed E-state index contributed by atoms with van der Waals surface area (Å²) < 4.78 is 8.25. The topological polar surface area (TPSA) is 105 Å². The van der Waals surface area contributed by atoms with Crippen molar-refractivity contribution in [3.63, 3.8) is 0 Å². The molecule has 8 nitrogen and oxygen atoms in total. The summed E-state index contributed by atoms with van der Waals surface area (Å²) in [7, 11) is 0. The highest BCUT2D eigenvalue weighted by Crippen LogP contribution is 2.15. The number of aryl methyl sites for hydroxylation is 1. The van der Waals surface area contributed by atoms with Gasteiger partial charge in [0.25, 0.3) is 11.5 Å². The van der Waals surface area contributed by atoms with Crippen LogP contribution in [0.4, 0.5) is 0 Å². The van der Waals surface area contributed by atoms with Crippen LogP contribution in [0, 0.1) is 12.3 Å². The fourth-order valence-electron chi connectivity index (χ4n) is 3.66. The van der Waals surface area contributed by atoms with E-state index in [1.54, 1.807) is 36.5 Å². The number of aromatic nitrogens is 3. The van der Waals surface area contributed by atoms with Crippen LogP contribution >= 0.6 is 0 Å². The molecule has 0 fully saturated rings. The lowest BCUT2D eigenvalue weighted by Gasteiger charge is -2.15. The van der Waals surface area contributed by atoms with Gasteiger partial charge in [0.2, 0.25) is 0 Å². The van der Waals surface area contributed by atoms with Gasteiger partial charge in [-0.05, 0) is 48.9 Å². The summed E-state index contributed by atoms with van der Waals surface area (Å²) in [6.45, 7) is 2.06. The summed E-state index contributed by atoms with van der Waals surface area (Å²) in [5, 5.41) is 11.8. The van der Waals surface area contributed by atoms with E-state index in [1.807, 2.05) is 31.2 Å². The zero-order valence-electron chi connectivity index (χ0n) is 17.2. The molecule has 1 amide bonds. The second kappa shape index (κ2) is 7.66. The molecule has 0 saturated heterocycles. The summed E-state index contributed by atoms with van der Waals surface area (Å²) in [5.74, 6) is 0.108. The third-order valence-electron chi connectivity index (χ3n) is 5.23. The van der Waals surface area contributed by atoms with Crippen LogP contribution < -0.4 is 16.4 Å². The van der Waals surface area contributed by atoms with Crippen molar-refractivity contribution in [2.24, 2.45) is 0 Å².